The number of nitrogens with one attached hydrogen (secondary N) is 1. The first-order valence-electron chi connectivity index (χ1n) is 8.25. The molecule has 0 saturated carbocycles. The van der Waals surface area contributed by atoms with E-state index in [0.29, 0.717) is 17.7 Å². The molecule has 0 aliphatic heterocycles. The molecular formula is C20H21NO5. The Morgan fingerprint density at radius 1 is 1.04 bits per heavy atom. The number of benzene rings is 2. The molecule has 0 spiro atoms. The maximum atomic E-state index is 12.3. The van der Waals surface area contributed by atoms with Crippen molar-refractivity contribution in [2.75, 3.05) is 19.0 Å². The largest absolute Gasteiger partial charge is 0.465 e. The van der Waals surface area contributed by atoms with Crippen molar-refractivity contribution in [2.45, 2.75) is 19.3 Å². The Labute approximate surface area is 152 Å². The molecule has 0 fully saturated rings. The average Bonchev–Trinajstić information content (AvgIpc) is 2.67. The number of hydrogen-bond donors (Lipinski definition) is 1. The van der Waals surface area contributed by atoms with E-state index in [0.717, 1.165) is 5.56 Å². The highest BCUT2D eigenvalue weighted by Gasteiger charge is 2.21. The molecule has 6 heteroatoms. The fraction of sp³-hybridized carbons (Fsp3) is 0.250. The zero-order valence-corrected chi connectivity index (χ0v) is 14.7. The maximum Gasteiger partial charge on any atom is 0.337 e. The van der Waals surface area contributed by atoms with Crippen molar-refractivity contribution < 1.29 is 23.9 Å². The fourth-order valence-electron chi connectivity index (χ4n) is 2.50. The highest BCUT2D eigenvalue weighted by atomic mass is 16.5. The zero-order chi connectivity index (χ0) is 18.9. The third kappa shape index (κ3) is 5.17. The number of hydrogen-bond acceptors (Lipinski definition) is 5. The molecule has 0 radical (unpaired) electrons. The SMILES string of the molecule is CCC(C(=O)OCC(=O)Nc1cccc(C(=O)OC)c1)c1ccccc1. The van der Waals surface area contributed by atoms with E-state index in [2.05, 4.69) is 10.1 Å². The second kappa shape index (κ2) is 9.36. The lowest BCUT2D eigenvalue weighted by Gasteiger charge is -2.14. The van der Waals surface area contributed by atoms with Crippen LogP contribution in [0.4, 0.5) is 5.69 Å². The van der Waals surface area contributed by atoms with Gasteiger partial charge in [-0.1, -0.05) is 43.3 Å². The summed E-state index contributed by atoms with van der Waals surface area (Å²) < 4.78 is 9.77. The van der Waals surface area contributed by atoms with Gasteiger partial charge in [-0.05, 0) is 30.2 Å². The van der Waals surface area contributed by atoms with Crippen molar-refractivity contribution in [1.82, 2.24) is 0 Å². The van der Waals surface area contributed by atoms with E-state index in [-0.39, 0.29) is 0 Å². The van der Waals surface area contributed by atoms with Gasteiger partial charge in [0.15, 0.2) is 6.61 Å². The molecule has 2 aromatic rings. The van der Waals surface area contributed by atoms with Gasteiger partial charge in [0.1, 0.15) is 0 Å². The Morgan fingerprint density at radius 2 is 1.77 bits per heavy atom. The van der Waals surface area contributed by atoms with Gasteiger partial charge < -0.3 is 14.8 Å². The van der Waals surface area contributed by atoms with E-state index in [1.165, 1.54) is 13.2 Å². The molecule has 6 nitrogen and oxygen atoms in total. The predicted octanol–water partition coefficient (Wildman–Crippen LogP) is 3.15. The second-order valence-electron chi connectivity index (χ2n) is 5.60. The first kappa shape index (κ1) is 19.2. The number of anilines is 1. The molecule has 0 heterocycles. The Bertz CT molecular complexity index is 773. The third-order valence-electron chi connectivity index (χ3n) is 3.81. The molecule has 0 saturated heterocycles. The molecule has 1 amide bonds. The quantitative estimate of drug-likeness (QED) is 0.772. The summed E-state index contributed by atoms with van der Waals surface area (Å²) in [6.07, 6.45) is 0.575. The van der Waals surface area contributed by atoms with Gasteiger partial charge in [-0.25, -0.2) is 4.79 Å². The highest BCUT2D eigenvalue weighted by Crippen LogP contribution is 2.20. The zero-order valence-electron chi connectivity index (χ0n) is 14.7. The van der Waals surface area contributed by atoms with Gasteiger partial charge in [0.2, 0.25) is 0 Å². The monoisotopic (exact) mass is 355 g/mol. The summed E-state index contributed by atoms with van der Waals surface area (Å²) in [5, 5.41) is 2.59. The van der Waals surface area contributed by atoms with Crippen molar-refractivity contribution >= 4 is 23.5 Å². The number of esters is 2. The molecular weight excluding hydrogens is 334 g/mol. The van der Waals surface area contributed by atoms with Crippen molar-refractivity contribution in [3.05, 3.63) is 65.7 Å². The molecule has 1 atom stereocenters. The van der Waals surface area contributed by atoms with Crippen LogP contribution in [0.1, 0.15) is 35.2 Å². The van der Waals surface area contributed by atoms with Crippen LogP contribution in [0.15, 0.2) is 54.6 Å². The normalized spacial score (nSPS) is 11.3. The lowest BCUT2D eigenvalue weighted by Crippen LogP contribution is -2.24. The topological polar surface area (TPSA) is 81.7 Å². The summed E-state index contributed by atoms with van der Waals surface area (Å²) in [7, 11) is 1.28. The number of ether oxygens (including phenoxy) is 2. The number of methoxy groups -OCH3 is 1. The Morgan fingerprint density at radius 3 is 2.42 bits per heavy atom. The molecule has 1 N–H and O–H groups in total. The van der Waals surface area contributed by atoms with Gasteiger partial charge in [0, 0.05) is 5.69 Å². The smallest absolute Gasteiger partial charge is 0.337 e. The van der Waals surface area contributed by atoms with Crippen LogP contribution in [-0.4, -0.2) is 31.6 Å². The Balaban J connectivity index is 1.92. The first-order valence-corrected chi connectivity index (χ1v) is 8.25. The molecule has 26 heavy (non-hydrogen) atoms. The predicted molar refractivity (Wildman–Crippen MR) is 96.8 cm³/mol. The van der Waals surface area contributed by atoms with E-state index in [9.17, 15) is 14.4 Å². The number of carbonyl (C=O) groups is 3. The van der Waals surface area contributed by atoms with Crippen LogP contribution in [0.25, 0.3) is 0 Å². The molecule has 0 aliphatic rings. The average molecular weight is 355 g/mol. The lowest BCUT2D eigenvalue weighted by atomic mass is 9.97. The van der Waals surface area contributed by atoms with Crippen LogP contribution < -0.4 is 5.32 Å². The third-order valence-corrected chi connectivity index (χ3v) is 3.81. The summed E-state index contributed by atoms with van der Waals surface area (Å²) in [6.45, 7) is 1.49. The fourth-order valence-corrected chi connectivity index (χ4v) is 2.50. The summed E-state index contributed by atoms with van der Waals surface area (Å²) in [5.74, 6) is -1.84. The summed E-state index contributed by atoms with van der Waals surface area (Å²) in [6, 6.07) is 15.6. The van der Waals surface area contributed by atoms with Crippen molar-refractivity contribution in [1.29, 1.82) is 0 Å². The molecule has 1 unspecified atom stereocenters. The minimum atomic E-state index is -0.499. The highest BCUT2D eigenvalue weighted by molar-refractivity contribution is 5.95. The standard InChI is InChI=1S/C20H21NO5/c1-3-17(14-8-5-4-6-9-14)20(24)26-13-18(22)21-16-11-7-10-15(12-16)19(23)25-2/h4-12,17H,3,13H2,1-2H3,(H,21,22). The van der Waals surface area contributed by atoms with Crippen LogP contribution in [-0.2, 0) is 19.1 Å². The molecule has 2 aromatic carbocycles. The summed E-state index contributed by atoms with van der Waals surface area (Å²) >= 11 is 0. The van der Waals surface area contributed by atoms with Crippen LogP contribution in [0.2, 0.25) is 0 Å². The Kier molecular flexibility index (Phi) is 6.91. The maximum absolute atomic E-state index is 12.3. The minimum absolute atomic E-state index is 0.317. The van der Waals surface area contributed by atoms with E-state index in [1.54, 1.807) is 18.2 Å². The van der Waals surface area contributed by atoms with Crippen molar-refractivity contribution in [3.8, 4) is 0 Å². The van der Waals surface area contributed by atoms with Gasteiger partial charge in [-0.3, -0.25) is 9.59 Å². The number of rotatable bonds is 7. The molecule has 2 rings (SSSR count). The lowest BCUT2D eigenvalue weighted by molar-refractivity contribution is -0.149. The molecule has 0 aromatic heterocycles. The van der Waals surface area contributed by atoms with E-state index < -0.39 is 30.4 Å². The van der Waals surface area contributed by atoms with Gasteiger partial charge in [-0.2, -0.15) is 0 Å². The van der Waals surface area contributed by atoms with Crippen molar-refractivity contribution in [3.63, 3.8) is 0 Å². The van der Waals surface area contributed by atoms with E-state index >= 15 is 0 Å². The summed E-state index contributed by atoms with van der Waals surface area (Å²) in [5.41, 5.74) is 1.59. The van der Waals surface area contributed by atoms with Gasteiger partial charge in [-0.15, -0.1) is 0 Å². The van der Waals surface area contributed by atoms with Gasteiger partial charge >= 0.3 is 11.9 Å². The molecule has 0 aliphatic carbocycles. The molecule has 136 valence electrons. The van der Waals surface area contributed by atoms with Gasteiger partial charge in [0.25, 0.3) is 5.91 Å². The van der Waals surface area contributed by atoms with Crippen LogP contribution >= 0.6 is 0 Å². The van der Waals surface area contributed by atoms with Gasteiger partial charge in [0.05, 0.1) is 18.6 Å². The first-order chi connectivity index (χ1) is 12.5. The second-order valence-corrected chi connectivity index (χ2v) is 5.60. The van der Waals surface area contributed by atoms with Crippen LogP contribution in [0, 0.1) is 0 Å². The number of amides is 1. The van der Waals surface area contributed by atoms with E-state index in [1.807, 2.05) is 37.3 Å². The summed E-state index contributed by atoms with van der Waals surface area (Å²) in [4.78, 5) is 35.8. The van der Waals surface area contributed by atoms with Crippen LogP contribution in [0.5, 0.6) is 0 Å². The minimum Gasteiger partial charge on any atom is -0.465 e. The van der Waals surface area contributed by atoms with Crippen molar-refractivity contribution in [2.24, 2.45) is 0 Å². The number of carbonyl (C=O) groups excluding carboxylic acids is 3. The van der Waals surface area contributed by atoms with E-state index in [4.69, 9.17) is 4.74 Å². The van der Waals surface area contributed by atoms with Crippen LogP contribution in [0.3, 0.4) is 0 Å². The Hall–Kier alpha value is -3.15. The molecule has 0 bridgehead atoms.